The summed E-state index contributed by atoms with van der Waals surface area (Å²) in [6.45, 7) is 0.750. The molecule has 76 valence electrons. The number of nitrogens with zero attached hydrogens (tertiary/aromatic N) is 1. The van der Waals surface area contributed by atoms with Crippen LogP contribution < -0.4 is 4.74 Å². The third kappa shape index (κ3) is 2.39. The van der Waals surface area contributed by atoms with Crippen LogP contribution in [0, 0.1) is 5.41 Å². The van der Waals surface area contributed by atoms with E-state index in [1.54, 1.807) is 18.5 Å². The van der Waals surface area contributed by atoms with Crippen molar-refractivity contribution in [3.8, 4) is 5.75 Å². The Morgan fingerprint density at radius 1 is 1.50 bits per heavy atom. The highest BCUT2D eigenvalue weighted by atomic mass is 79.9. The summed E-state index contributed by atoms with van der Waals surface area (Å²) in [5.41, 5.74) is 0.363. The van der Waals surface area contributed by atoms with Crippen LogP contribution >= 0.6 is 27.5 Å². The zero-order valence-electron chi connectivity index (χ0n) is 7.67. The van der Waals surface area contributed by atoms with Crippen molar-refractivity contribution in [1.29, 1.82) is 0 Å². The van der Waals surface area contributed by atoms with Gasteiger partial charge in [0.05, 0.1) is 17.8 Å². The van der Waals surface area contributed by atoms with E-state index in [2.05, 4.69) is 20.9 Å². The molecular formula is C10H11BrClNO. The van der Waals surface area contributed by atoms with Gasteiger partial charge in [-0.3, -0.25) is 4.98 Å². The van der Waals surface area contributed by atoms with Crippen molar-refractivity contribution in [1.82, 2.24) is 4.98 Å². The van der Waals surface area contributed by atoms with Crippen LogP contribution in [0.5, 0.6) is 5.75 Å². The molecule has 1 aromatic heterocycles. The molecule has 0 amide bonds. The molecule has 1 aliphatic carbocycles. The van der Waals surface area contributed by atoms with Crippen molar-refractivity contribution in [2.45, 2.75) is 12.8 Å². The van der Waals surface area contributed by atoms with E-state index in [1.165, 1.54) is 12.8 Å². The standard InChI is InChI=1S/C10H11BrClNO/c11-6-10(1-2-10)7-14-9-3-8(12)4-13-5-9/h3-5H,1-2,6-7H2. The SMILES string of the molecule is Clc1cncc(OCC2(CBr)CC2)c1. The van der Waals surface area contributed by atoms with Gasteiger partial charge in [0.25, 0.3) is 0 Å². The smallest absolute Gasteiger partial charge is 0.139 e. The van der Waals surface area contributed by atoms with Crippen molar-refractivity contribution >= 4 is 27.5 Å². The molecule has 0 radical (unpaired) electrons. The van der Waals surface area contributed by atoms with E-state index < -0.39 is 0 Å². The van der Waals surface area contributed by atoms with Crippen LogP contribution in [-0.2, 0) is 0 Å². The van der Waals surface area contributed by atoms with Crippen LogP contribution in [0.2, 0.25) is 5.02 Å². The molecule has 14 heavy (non-hydrogen) atoms. The first-order valence-corrected chi connectivity index (χ1v) is 6.03. The number of pyridine rings is 1. The second-order valence-electron chi connectivity index (χ2n) is 3.76. The molecule has 0 aliphatic heterocycles. The van der Waals surface area contributed by atoms with Crippen molar-refractivity contribution in [3.05, 3.63) is 23.5 Å². The number of halogens is 2. The molecule has 2 rings (SSSR count). The van der Waals surface area contributed by atoms with Gasteiger partial charge >= 0.3 is 0 Å². The van der Waals surface area contributed by atoms with E-state index in [4.69, 9.17) is 16.3 Å². The summed E-state index contributed by atoms with van der Waals surface area (Å²) < 4.78 is 5.63. The third-order valence-electron chi connectivity index (χ3n) is 2.47. The minimum Gasteiger partial charge on any atom is -0.491 e. The van der Waals surface area contributed by atoms with Gasteiger partial charge in [0.15, 0.2) is 0 Å². The fourth-order valence-corrected chi connectivity index (χ4v) is 2.09. The van der Waals surface area contributed by atoms with Crippen molar-refractivity contribution < 1.29 is 4.74 Å². The lowest BCUT2D eigenvalue weighted by atomic mass is 10.2. The first-order valence-electron chi connectivity index (χ1n) is 4.53. The monoisotopic (exact) mass is 275 g/mol. The Hall–Kier alpha value is -0.280. The quantitative estimate of drug-likeness (QED) is 0.787. The Kier molecular flexibility index (Phi) is 2.98. The average molecular weight is 277 g/mol. The van der Waals surface area contributed by atoms with E-state index in [1.807, 2.05) is 0 Å². The third-order valence-corrected chi connectivity index (χ3v) is 3.86. The van der Waals surface area contributed by atoms with E-state index in [9.17, 15) is 0 Å². The molecule has 1 saturated carbocycles. The summed E-state index contributed by atoms with van der Waals surface area (Å²) >= 11 is 9.29. The first-order chi connectivity index (χ1) is 6.74. The first kappa shape index (κ1) is 10.2. The lowest BCUT2D eigenvalue weighted by Crippen LogP contribution is -2.14. The Balaban J connectivity index is 1.92. The average Bonchev–Trinajstić information content (AvgIpc) is 2.96. The molecule has 0 unspecified atom stereocenters. The van der Waals surface area contributed by atoms with Crippen LogP contribution in [0.1, 0.15) is 12.8 Å². The maximum absolute atomic E-state index is 5.79. The normalized spacial score (nSPS) is 17.9. The van der Waals surface area contributed by atoms with Gasteiger partial charge in [-0.05, 0) is 12.8 Å². The molecule has 2 nitrogen and oxygen atoms in total. The van der Waals surface area contributed by atoms with Crippen LogP contribution in [0.3, 0.4) is 0 Å². The number of aromatic nitrogens is 1. The molecule has 4 heteroatoms. The summed E-state index contributed by atoms with van der Waals surface area (Å²) in [5, 5.41) is 1.62. The van der Waals surface area contributed by atoms with Gasteiger partial charge in [-0.25, -0.2) is 0 Å². The zero-order valence-corrected chi connectivity index (χ0v) is 10.0. The summed E-state index contributed by atoms with van der Waals surface area (Å²) in [5.74, 6) is 0.754. The van der Waals surface area contributed by atoms with Gasteiger partial charge in [0, 0.05) is 23.0 Å². The number of alkyl halides is 1. The number of ether oxygens (including phenoxy) is 1. The maximum Gasteiger partial charge on any atom is 0.139 e. The molecule has 1 fully saturated rings. The topological polar surface area (TPSA) is 22.1 Å². The van der Waals surface area contributed by atoms with Gasteiger partial charge < -0.3 is 4.74 Å². The lowest BCUT2D eigenvalue weighted by Gasteiger charge is -2.12. The lowest BCUT2D eigenvalue weighted by molar-refractivity contribution is 0.250. The van der Waals surface area contributed by atoms with Crippen molar-refractivity contribution in [3.63, 3.8) is 0 Å². The summed E-state index contributed by atoms with van der Waals surface area (Å²) in [4.78, 5) is 3.96. The van der Waals surface area contributed by atoms with Gasteiger partial charge in [-0.2, -0.15) is 0 Å². The van der Waals surface area contributed by atoms with Crippen LogP contribution in [0.15, 0.2) is 18.5 Å². The molecule has 1 aliphatic rings. The summed E-state index contributed by atoms with van der Waals surface area (Å²) in [7, 11) is 0. The highest BCUT2D eigenvalue weighted by molar-refractivity contribution is 9.09. The van der Waals surface area contributed by atoms with E-state index in [0.717, 1.165) is 17.7 Å². The van der Waals surface area contributed by atoms with Crippen LogP contribution in [-0.4, -0.2) is 16.9 Å². The van der Waals surface area contributed by atoms with Crippen LogP contribution in [0.25, 0.3) is 0 Å². The highest BCUT2D eigenvalue weighted by Gasteiger charge is 2.42. The molecule has 0 spiro atoms. The van der Waals surface area contributed by atoms with E-state index in [-0.39, 0.29) is 0 Å². The Morgan fingerprint density at radius 2 is 2.29 bits per heavy atom. The number of hydrogen-bond acceptors (Lipinski definition) is 2. The Bertz CT molecular complexity index is 328. The molecule has 0 aromatic carbocycles. The van der Waals surface area contributed by atoms with Gasteiger partial charge in [0.2, 0.25) is 0 Å². The van der Waals surface area contributed by atoms with Gasteiger partial charge in [-0.15, -0.1) is 0 Å². The summed E-state index contributed by atoms with van der Waals surface area (Å²) in [6.07, 6.45) is 5.78. The summed E-state index contributed by atoms with van der Waals surface area (Å²) in [6, 6.07) is 1.79. The maximum atomic E-state index is 5.79. The van der Waals surface area contributed by atoms with Crippen LogP contribution in [0.4, 0.5) is 0 Å². The fraction of sp³-hybridized carbons (Fsp3) is 0.500. The van der Waals surface area contributed by atoms with Gasteiger partial charge in [-0.1, -0.05) is 27.5 Å². The Morgan fingerprint density at radius 3 is 2.86 bits per heavy atom. The molecule has 0 saturated heterocycles. The minimum atomic E-state index is 0.363. The highest BCUT2D eigenvalue weighted by Crippen LogP contribution is 2.47. The molecular weight excluding hydrogens is 265 g/mol. The molecule has 1 heterocycles. The molecule has 0 N–H and O–H groups in total. The predicted molar refractivity (Wildman–Crippen MR) is 60.2 cm³/mol. The van der Waals surface area contributed by atoms with E-state index in [0.29, 0.717) is 10.4 Å². The molecule has 0 atom stereocenters. The fourth-order valence-electron chi connectivity index (χ4n) is 1.20. The van der Waals surface area contributed by atoms with Crippen molar-refractivity contribution in [2.24, 2.45) is 5.41 Å². The number of rotatable bonds is 4. The second-order valence-corrected chi connectivity index (χ2v) is 4.76. The largest absolute Gasteiger partial charge is 0.491 e. The zero-order chi connectivity index (χ0) is 10.0. The molecule has 0 bridgehead atoms. The second kappa shape index (κ2) is 4.07. The minimum absolute atomic E-state index is 0.363. The van der Waals surface area contributed by atoms with E-state index >= 15 is 0 Å². The Labute approximate surface area is 96.8 Å². The predicted octanol–water partition coefficient (Wildman–Crippen LogP) is 3.29. The van der Waals surface area contributed by atoms with Crippen molar-refractivity contribution in [2.75, 3.05) is 11.9 Å². The van der Waals surface area contributed by atoms with Gasteiger partial charge in [0.1, 0.15) is 5.75 Å². The number of hydrogen-bond donors (Lipinski definition) is 0. The molecule has 1 aromatic rings.